The topological polar surface area (TPSA) is 46.3 Å². The van der Waals surface area contributed by atoms with E-state index in [1.165, 1.54) is 12.1 Å². The summed E-state index contributed by atoms with van der Waals surface area (Å²) in [4.78, 5) is 14.4. The second-order valence-corrected chi connectivity index (χ2v) is 6.19. The summed E-state index contributed by atoms with van der Waals surface area (Å²) in [6.07, 6.45) is 5.44. The van der Waals surface area contributed by atoms with Gasteiger partial charge in [0.05, 0.1) is 6.04 Å². The third-order valence-corrected chi connectivity index (χ3v) is 4.68. The summed E-state index contributed by atoms with van der Waals surface area (Å²) in [6, 6.07) is 6.59. The molecule has 4 heteroatoms. The Morgan fingerprint density at radius 3 is 2.60 bits per heavy atom. The first-order chi connectivity index (χ1) is 9.57. The minimum Gasteiger partial charge on any atom is -0.336 e. The Labute approximate surface area is 118 Å². The van der Waals surface area contributed by atoms with Gasteiger partial charge in [-0.05, 0) is 49.8 Å². The predicted molar refractivity (Wildman–Crippen MR) is 75.5 cm³/mol. The molecular formula is C16H21FN2O. The fraction of sp³-hybridized carbons (Fsp3) is 0.562. The molecule has 1 atom stereocenters. The van der Waals surface area contributed by atoms with Gasteiger partial charge in [-0.2, -0.15) is 0 Å². The summed E-state index contributed by atoms with van der Waals surface area (Å²) in [5.74, 6) is -0.0842. The van der Waals surface area contributed by atoms with Crippen LogP contribution in [0.5, 0.6) is 0 Å². The number of likely N-dealkylation sites (tertiary alicyclic amines) is 1. The van der Waals surface area contributed by atoms with Gasteiger partial charge in [-0.1, -0.05) is 12.1 Å². The van der Waals surface area contributed by atoms with Crippen LogP contribution in [0.3, 0.4) is 0 Å². The van der Waals surface area contributed by atoms with Crippen molar-refractivity contribution in [3.05, 3.63) is 35.6 Å². The van der Waals surface area contributed by atoms with Gasteiger partial charge in [-0.25, -0.2) is 4.39 Å². The highest BCUT2D eigenvalue weighted by molar-refractivity contribution is 5.78. The average molecular weight is 276 g/mol. The Kier molecular flexibility index (Phi) is 3.50. The normalized spacial score (nSPS) is 24.5. The van der Waals surface area contributed by atoms with Gasteiger partial charge in [0.25, 0.3) is 0 Å². The molecule has 1 aliphatic carbocycles. The number of amides is 1. The number of benzene rings is 1. The molecule has 108 valence electrons. The van der Waals surface area contributed by atoms with Crippen LogP contribution in [0.2, 0.25) is 0 Å². The zero-order valence-corrected chi connectivity index (χ0v) is 11.6. The summed E-state index contributed by atoms with van der Waals surface area (Å²) in [5.41, 5.74) is 6.93. The molecule has 1 amide bonds. The van der Waals surface area contributed by atoms with Crippen LogP contribution >= 0.6 is 0 Å². The summed E-state index contributed by atoms with van der Waals surface area (Å²) in [5, 5.41) is 0. The first kappa shape index (κ1) is 13.6. The minimum absolute atomic E-state index is 0.0896. The number of hydrogen-bond acceptors (Lipinski definition) is 2. The fourth-order valence-electron chi connectivity index (χ4n) is 3.31. The third-order valence-electron chi connectivity index (χ3n) is 4.68. The van der Waals surface area contributed by atoms with E-state index in [0.29, 0.717) is 6.42 Å². The van der Waals surface area contributed by atoms with Crippen LogP contribution in [0.15, 0.2) is 24.3 Å². The van der Waals surface area contributed by atoms with Crippen LogP contribution in [0.4, 0.5) is 4.39 Å². The molecule has 0 bridgehead atoms. The molecule has 2 aliphatic rings. The van der Waals surface area contributed by atoms with E-state index in [1.54, 1.807) is 12.1 Å². The molecule has 3 rings (SSSR count). The van der Waals surface area contributed by atoms with Crippen LogP contribution < -0.4 is 5.73 Å². The Morgan fingerprint density at radius 1 is 1.30 bits per heavy atom. The molecule has 1 aromatic carbocycles. The van der Waals surface area contributed by atoms with Crippen molar-refractivity contribution in [3.8, 4) is 0 Å². The first-order valence-corrected chi connectivity index (χ1v) is 7.41. The monoisotopic (exact) mass is 276 g/mol. The first-order valence-electron chi connectivity index (χ1n) is 7.41. The lowest BCUT2D eigenvalue weighted by atomic mass is 9.75. The molecule has 1 aromatic rings. The van der Waals surface area contributed by atoms with Gasteiger partial charge in [-0.3, -0.25) is 4.79 Å². The smallest absolute Gasteiger partial charge is 0.224 e. The summed E-state index contributed by atoms with van der Waals surface area (Å²) >= 11 is 0. The average Bonchev–Trinajstić information content (AvgIpc) is 2.87. The molecule has 2 fully saturated rings. The van der Waals surface area contributed by atoms with E-state index in [9.17, 15) is 9.18 Å². The standard InChI is InChI=1S/C16H21FN2O/c17-13-6-4-12(5-7-13)14-3-1-10-19(14)15(20)11-16(18)8-2-9-16/h4-7,14H,1-3,8-11,18H2/t14-/m0/s1. The van der Waals surface area contributed by atoms with E-state index < -0.39 is 0 Å². The maximum Gasteiger partial charge on any atom is 0.224 e. The fourth-order valence-corrected chi connectivity index (χ4v) is 3.31. The molecule has 0 spiro atoms. The number of rotatable bonds is 3. The van der Waals surface area contributed by atoms with E-state index in [4.69, 9.17) is 5.73 Å². The maximum atomic E-state index is 13.0. The van der Waals surface area contributed by atoms with Crippen LogP contribution in [0.25, 0.3) is 0 Å². The number of carbonyl (C=O) groups is 1. The zero-order chi connectivity index (χ0) is 14.2. The molecule has 0 unspecified atom stereocenters. The van der Waals surface area contributed by atoms with Gasteiger partial charge in [0, 0.05) is 18.5 Å². The molecular weight excluding hydrogens is 255 g/mol. The van der Waals surface area contributed by atoms with Crippen LogP contribution in [-0.2, 0) is 4.79 Å². The van der Waals surface area contributed by atoms with Crippen molar-refractivity contribution in [2.24, 2.45) is 5.73 Å². The van der Waals surface area contributed by atoms with E-state index in [2.05, 4.69) is 0 Å². The third kappa shape index (κ3) is 2.57. The number of hydrogen-bond donors (Lipinski definition) is 1. The quantitative estimate of drug-likeness (QED) is 0.922. The highest BCUT2D eigenvalue weighted by atomic mass is 19.1. The number of nitrogens with zero attached hydrogens (tertiary/aromatic N) is 1. The molecule has 1 saturated carbocycles. The molecule has 2 N–H and O–H groups in total. The number of nitrogens with two attached hydrogens (primary N) is 1. The highest BCUT2D eigenvalue weighted by Gasteiger charge is 2.38. The molecule has 1 heterocycles. The molecule has 0 aromatic heterocycles. The van der Waals surface area contributed by atoms with Gasteiger partial charge < -0.3 is 10.6 Å². The van der Waals surface area contributed by atoms with Crippen molar-refractivity contribution in [3.63, 3.8) is 0 Å². The minimum atomic E-state index is -0.271. The van der Waals surface area contributed by atoms with Crippen molar-refractivity contribution in [2.75, 3.05) is 6.54 Å². The van der Waals surface area contributed by atoms with Crippen LogP contribution in [0, 0.1) is 5.82 Å². The summed E-state index contributed by atoms with van der Waals surface area (Å²) in [6.45, 7) is 0.789. The van der Waals surface area contributed by atoms with E-state index >= 15 is 0 Å². The number of carbonyl (C=O) groups excluding carboxylic acids is 1. The predicted octanol–water partition coefficient (Wildman–Crippen LogP) is 2.76. The van der Waals surface area contributed by atoms with Crippen LogP contribution in [0.1, 0.15) is 50.1 Å². The summed E-state index contributed by atoms with van der Waals surface area (Å²) in [7, 11) is 0. The van der Waals surface area contributed by atoms with E-state index in [0.717, 1.165) is 44.2 Å². The molecule has 0 radical (unpaired) electrons. The van der Waals surface area contributed by atoms with Gasteiger partial charge in [-0.15, -0.1) is 0 Å². The Hall–Kier alpha value is -1.42. The van der Waals surface area contributed by atoms with Gasteiger partial charge in [0.1, 0.15) is 5.82 Å². The second-order valence-electron chi connectivity index (χ2n) is 6.19. The van der Waals surface area contributed by atoms with Gasteiger partial charge in [0.15, 0.2) is 0 Å². The van der Waals surface area contributed by atoms with Crippen molar-refractivity contribution in [1.29, 1.82) is 0 Å². The van der Waals surface area contributed by atoms with Crippen LogP contribution in [-0.4, -0.2) is 22.9 Å². The maximum absolute atomic E-state index is 13.0. The SMILES string of the molecule is NC1(CC(=O)N2CCC[C@H]2c2ccc(F)cc2)CCC1. The van der Waals surface area contributed by atoms with Crippen molar-refractivity contribution in [1.82, 2.24) is 4.90 Å². The zero-order valence-electron chi connectivity index (χ0n) is 11.6. The highest BCUT2D eigenvalue weighted by Crippen LogP contribution is 2.36. The van der Waals surface area contributed by atoms with Gasteiger partial charge >= 0.3 is 0 Å². The van der Waals surface area contributed by atoms with E-state index in [-0.39, 0.29) is 23.3 Å². The van der Waals surface area contributed by atoms with Gasteiger partial charge in [0.2, 0.25) is 5.91 Å². The van der Waals surface area contributed by atoms with Crippen molar-refractivity contribution >= 4 is 5.91 Å². The molecule has 1 aliphatic heterocycles. The lowest BCUT2D eigenvalue weighted by Gasteiger charge is -2.39. The molecule has 1 saturated heterocycles. The Morgan fingerprint density at radius 2 is 2.00 bits per heavy atom. The molecule has 3 nitrogen and oxygen atoms in total. The van der Waals surface area contributed by atoms with Crippen molar-refractivity contribution < 1.29 is 9.18 Å². The molecule has 20 heavy (non-hydrogen) atoms. The lowest BCUT2D eigenvalue weighted by molar-refractivity contribution is -0.134. The Balaban J connectivity index is 1.71. The lowest BCUT2D eigenvalue weighted by Crippen LogP contribution is -2.50. The number of halogens is 1. The van der Waals surface area contributed by atoms with E-state index in [1.807, 2.05) is 4.90 Å². The Bertz CT molecular complexity index is 496. The largest absolute Gasteiger partial charge is 0.336 e. The second kappa shape index (κ2) is 5.17. The van der Waals surface area contributed by atoms with Crippen molar-refractivity contribution in [2.45, 2.75) is 50.1 Å². The summed E-state index contributed by atoms with van der Waals surface area (Å²) < 4.78 is 13.0.